The van der Waals surface area contributed by atoms with E-state index in [-0.39, 0.29) is 0 Å². The molecule has 43 valence electrons. The van der Waals surface area contributed by atoms with Crippen molar-refractivity contribution in [1.29, 1.82) is 0 Å². The number of hydrogen-bond acceptors (Lipinski definition) is 2. The maximum atomic E-state index is 4.92. The number of rotatable bonds is 1. The summed E-state index contributed by atoms with van der Waals surface area (Å²) in [6.45, 7) is 0. The molecule has 0 saturated carbocycles. The molecule has 0 N–H and O–H groups in total. The van der Waals surface area contributed by atoms with Crippen molar-refractivity contribution >= 4 is 27.3 Å². The highest BCUT2D eigenvalue weighted by molar-refractivity contribution is 9.11. The number of methoxy groups -OCH3 is 1. The van der Waals surface area contributed by atoms with Gasteiger partial charge in [-0.25, -0.2) is 0 Å². The summed E-state index contributed by atoms with van der Waals surface area (Å²) >= 11 is 4.78. The predicted molar refractivity (Wildman–Crippen MR) is 37.4 cm³/mol. The van der Waals surface area contributed by atoms with E-state index in [0.29, 0.717) is 0 Å². The minimum absolute atomic E-state index is 0.856. The van der Waals surface area contributed by atoms with Gasteiger partial charge in [0.15, 0.2) is 0 Å². The van der Waals surface area contributed by atoms with E-state index in [1.165, 1.54) is 11.3 Å². The zero-order valence-corrected chi connectivity index (χ0v) is 6.67. The van der Waals surface area contributed by atoms with Gasteiger partial charge in [-0.1, -0.05) is 0 Å². The lowest BCUT2D eigenvalue weighted by Gasteiger charge is -1.91. The Hall–Kier alpha value is -0.0200. The normalized spacial score (nSPS) is 9.25. The Kier molecular flexibility index (Phi) is 1.91. The molecular formula is C5H4BrOS. The Balaban J connectivity index is 2.92. The fourth-order valence-electron chi connectivity index (χ4n) is 0.381. The third-order valence-corrected chi connectivity index (χ3v) is 2.24. The average molecular weight is 192 g/mol. The second-order valence-electron chi connectivity index (χ2n) is 1.21. The first kappa shape index (κ1) is 6.11. The van der Waals surface area contributed by atoms with E-state index < -0.39 is 0 Å². The van der Waals surface area contributed by atoms with Crippen LogP contribution in [0.1, 0.15) is 0 Å². The first-order valence-electron chi connectivity index (χ1n) is 2.04. The van der Waals surface area contributed by atoms with Crippen molar-refractivity contribution in [3.63, 3.8) is 0 Å². The summed E-state index contributed by atoms with van der Waals surface area (Å²) < 4.78 is 5.92. The van der Waals surface area contributed by atoms with Gasteiger partial charge in [0.2, 0.25) is 0 Å². The summed E-state index contributed by atoms with van der Waals surface area (Å²) in [6.07, 6.45) is 0. The van der Waals surface area contributed by atoms with Gasteiger partial charge >= 0.3 is 0 Å². The van der Waals surface area contributed by atoms with Crippen LogP contribution in [0.2, 0.25) is 0 Å². The molecule has 0 unspecified atom stereocenters. The van der Waals surface area contributed by atoms with Crippen molar-refractivity contribution in [3.8, 4) is 5.75 Å². The van der Waals surface area contributed by atoms with E-state index in [9.17, 15) is 0 Å². The second-order valence-corrected chi connectivity index (χ2v) is 3.37. The molecule has 1 aromatic heterocycles. The summed E-state index contributed by atoms with van der Waals surface area (Å²) in [7, 11) is 1.64. The Bertz CT molecular complexity index is 173. The predicted octanol–water partition coefficient (Wildman–Crippen LogP) is 2.32. The van der Waals surface area contributed by atoms with Crippen LogP contribution in [0.25, 0.3) is 0 Å². The molecule has 0 amide bonds. The van der Waals surface area contributed by atoms with Crippen LogP contribution in [-0.2, 0) is 0 Å². The summed E-state index contributed by atoms with van der Waals surface area (Å²) in [4.78, 5) is 0. The van der Waals surface area contributed by atoms with Crippen molar-refractivity contribution < 1.29 is 4.74 Å². The fraction of sp³-hybridized carbons (Fsp3) is 0.200. The number of hydrogen-bond donors (Lipinski definition) is 0. The van der Waals surface area contributed by atoms with E-state index in [0.717, 1.165) is 9.54 Å². The minimum atomic E-state index is 0.856. The molecule has 8 heavy (non-hydrogen) atoms. The van der Waals surface area contributed by atoms with Gasteiger partial charge in [0.05, 0.1) is 7.11 Å². The number of thiophene rings is 1. The van der Waals surface area contributed by atoms with Crippen molar-refractivity contribution in [2.75, 3.05) is 7.11 Å². The molecule has 1 heterocycles. The van der Waals surface area contributed by atoms with Crippen LogP contribution >= 0.6 is 27.3 Å². The first-order chi connectivity index (χ1) is 3.84. The van der Waals surface area contributed by atoms with Crippen molar-refractivity contribution in [3.05, 3.63) is 15.2 Å². The number of halogens is 1. The van der Waals surface area contributed by atoms with Gasteiger partial charge in [-0.05, 0) is 15.9 Å². The van der Waals surface area contributed by atoms with Crippen molar-refractivity contribution in [2.24, 2.45) is 0 Å². The molecular weight excluding hydrogens is 188 g/mol. The van der Waals surface area contributed by atoms with E-state index in [2.05, 4.69) is 21.3 Å². The molecule has 0 saturated heterocycles. The molecule has 0 fully saturated rings. The molecule has 1 radical (unpaired) electrons. The average Bonchev–Trinajstić information content (AvgIpc) is 2.14. The van der Waals surface area contributed by atoms with Gasteiger partial charge in [-0.2, -0.15) is 0 Å². The maximum absolute atomic E-state index is 4.92. The molecule has 1 rings (SSSR count). The van der Waals surface area contributed by atoms with Crippen LogP contribution in [0.5, 0.6) is 5.75 Å². The smallest absolute Gasteiger partial charge is 0.144 e. The van der Waals surface area contributed by atoms with Gasteiger partial charge in [0.25, 0.3) is 0 Å². The van der Waals surface area contributed by atoms with Gasteiger partial charge in [-0.3, -0.25) is 0 Å². The molecule has 0 aliphatic heterocycles. The largest absolute Gasteiger partial charge is 0.495 e. The summed E-state index contributed by atoms with van der Waals surface area (Å²) in [6, 6.07) is 1.80. The SMILES string of the molecule is COc1c[c]sc1Br. The highest BCUT2D eigenvalue weighted by Gasteiger charge is 1.96. The van der Waals surface area contributed by atoms with Crippen LogP contribution in [0.4, 0.5) is 0 Å². The first-order valence-corrected chi connectivity index (χ1v) is 3.65. The quantitative estimate of drug-likeness (QED) is 0.663. The molecule has 0 aromatic carbocycles. The zero-order valence-electron chi connectivity index (χ0n) is 4.27. The van der Waals surface area contributed by atoms with E-state index in [4.69, 9.17) is 4.74 Å². The van der Waals surface area contributed by atoms with Crippen molar-refractivity contribution in [1.82, 2.24) is 0 Å². The monoisotopic (exact) mass is 191 g/mol. The molecule has 0 spiro atoms. The minimum Gasteiger partial charge on any atom is -0.495 e. The standard InChI is InChI=1S/C5H4BrOS/c1-7-4-2-3-8-5(4)6/h2H,1H3. The van der Waals surface area contributed by atoms with Crippen LogP contribution in [0.3, 0.4) is 0 Å². The molecule has 3 heteroatoms. The molecule has 0 atom stereocenters. The molecule has 0 aliphatic rings. The second kappa shape index (κ2) is 2.51. The van der Waals surface area contributed by atoms with Gasteiger partial charge in [-0.15, -0.1) is 11.3 Å². The Morgan fingerprint density at radius 2 is 2.62 bits per heavy atom. The van der Waals surface area contributed by atoms with Gasteiger partial charge in [0.1, 0.15) is 9.54 Å². The highest BCUT2D eigenvalue weighted by atomic mass is 79.9. The molecule has 0 aliphatic carbocycles. The third-order valence-electron chi connectivity index (χ3n) is 0.752. The van der Waals surface area contributed by atoms with E-state index in [1.54, 1.807) is 13.2 Å². The summed E-state index contributed by atoms with van der Waals surface area (Å²) in [5, 5.41) is 2.92. The Labute approximate surface area is 60.4 Å². The third kappa shape index (κ3) is 1.03. The van der Waals surface area contributed by atoms with Gasteiger partial charge < -0.3 is 4.74 Å². The van der Waals surface area contributed by atoms with Crippen LogP contribution in [0, 0.1) is 5.38 Å². The lowest BCUT2D eigenvalue weighted by atomic mass is 10.6. The number of ether oxygens (including phenoxy) is 1. The van der Waals surface area contributed by atoms with E-state index >= 15 is 0 Å². The molecule has 1 aromatic rings. The molecule has 0 bridgehead atoms. The Morgan fingerprint density at radius 1 is 1.88 bits per heavy atom. The zero-order chi connectivity index (χ0) is 5.98. The highest BCUT2D eigenvalue weighted by Crippen LogP contribution is 2.29. The fourth-order valence-corrected chi connectivity index (χ4v) is 1.45. The summed E-state index contributed by atoms with van der Waals surface area (Å²) in [5.74, 6) is 0.856. The van der Waals surface area contributed by atoms with Crippen LogP contribution in [-0.4, -0.2) is 7.11 Å². The van der Waals surface area contributed by atoms with Crippen LogP contribution in [0.15, 0.2) is 9.85 Å². The summed E-state index contributed by atoms with van der Waals surface area (Å²) in [5.41, 5.74) is 0. The lowest BCUT2D eigenvalue weighted by molar-refractivity contribution is 0.414. The topological polar surface area (TPSA) is 9.23 Å². The maximum Gasteiger partial charge on any atom is 0.144 e. The van der Waals surface area contributed by atoms with E-state index in [1.807, 2.05) is 0 Å². The lowest BCUT2D eigenvalue weighted by Crippen LogP contribution is -1.76. The van der Waals surface area contributed by atoms with Crippen LogP contribution < -0.4 is 4.74 Å². The Morgan fingerprint density at radius 3 is 2.88 bits per heavy atom. The van der Waals surface area contributed by atoms with Gasteiger partial charge in [0, 0.05) is 11.4 Å². The molecule has 1 nitrogen and oxygen atoms in total. The van der Waals surface area contributed by atoms with Crippen molar-refractivity contribution in [2.45, 2.75) is 0 Å².